The lowest BCUT2D eigenvalue weighted by molar-refractivity contribution is 0.415. The first kappa shape index (κ1) is 19.2. The molecule has 3 rings (SSSR count). The summed E-state index contributed by atoms with van der Waals surface area (Å²) in [5.74, 6) is 7.99. The molecular formula is C18H19BrN6OS. The van der Waals surface area contributed by atoms with Gasteiger partial charge in [0.15, 0.2) is 0 Å². The van der Waals surface area contributed by atoms with E-state index >= 15 is 0 Å². The summed E-state index contributed by atoms with van der Waals surface area (Å²) in [4.78, 5) is 0. The van der Waals surface area contributed by atoms with Crippen molar-refractivity contribution >= 4 is 39.4 Å². The van der Waals surface area contributed by atoms with Crippen LogP contribution in [0.25, 0.3) is 0 Å². The molecule has 0 amide bonds. The van der Waals surface area contributed by atoms with Gasteiger partial charge in [0.2, 0.25) is 5.16 Å². The molecule has 140 valence electrons. The largest absolute Gasteiger partial charge is 0.497 e. The number of nitrogens with zero attached hydrogens (tertiary/aromatic N) is 4. The van der Waals surface area contributed by atoms with Crippen LogP contribution in [0.1, 0.15) is 18.1 Å². The smallest absolute Gasteiger partial charge is 0.264 e. The molecule has 0 fully saturated rings. The number of rotatable bonds is 7. The normalized spacial score (nSPS) is 11.4. The molecule has 0 unspecified atom stereocenters. The maximum Gasteiger partial charge on any atom is 0.264 e. The maximum absolute atomic E-state index is 6.07. The number of halogens is 1. The lowest BCUT2D eigenvalue weighted by atomic mass is 10.1. The molecule has 0 saturated heterocycles. The van der Waals surface area contributed by atoms with Crippen molar-refractivity contribution < 1.29 is 4.74 Å². The Bertz CT molecular complexity index is 941. The van der Waals surface area contributed by atoms with Gasteiger partial charge in [0.05, 0.1) is 12.8 Å². The first-order chi connectivity index (χ1) is 13.1. The number of benzene rings is 2. The second-order valence-electron chi connectivity index (χ2n) is 5.63. The number of nitrogen functional groups attached to an aromatic ring is 1. The standard InChI is InChI=1S/C18H19BrN6OS/c1-12(14-6-8-16(26-2)9-7-14)21-22-17-23-24-18(25(17)20)27-11-13-4-3-5-15(19)10-13/h3-10H,11,20H2,1-2H3,(H,22,23)/b21-12+. The van der Waals surface area contributed by atoms with Crippen LogP contribution in [0.3, 0.4) is 0 Å². The Balaban J connectivity index is 1.64. The third-order valence-electron chi connectivity index (χ3n) is 3.75. The topological polar surface area (TPSA) is 90.3 Å². The number of anilines is 1. The van der Waals surface area contributed by atoms with E-state index in [1.807, 2.05) is 43.3 Å². The van der Waals surface area contributed by atoms with E-state index in [1.54, 1.807) is 7.11 Å². The highest BCUT2D eigenvalue weighted by Crippen LogP contribution is 2.23. The van der Waals surface area contributed by atoms with Crippen LogP contribution in [0.2, 0.25) is 0 Å². The predicted octanol–water partition coefficient (Wildman–Crippen LogP) is 3.89. The van der Waals surface area contributed by atoms with Crippen molar-refractivity contribution in [2.24, 2.45) is 5.10 Å². The van der Waals surface area contributed by atoms with Crippen molar-refractivity contribution in [3.05, 3.63) is 64.1 Å². The third kappa shape index (κ3) is 5.01. The molecule has 7 nitrogen and oxygen atoms in total. The van der Waals surface area contributed by atoms with E-state index in [2.05, 4.69) is 48.8 Å². The van der Waals surface area contributed by atoms with Gasteiger partial charge in [-0.1, -0.05) is 39.8 Å². The van der Waals surface area contributed by atoms with Gasteiger partial charge in [-0.2, -0.15) is 5.10 Å². The highest BCUT2D eigenvalue weighted by molar-refractivity contribution is 9.10. The lowest BCUT2D eigenvalue weighted by Crippen LogP contribution is -2.13. The number of hydrazone groups is 1. The highest BCUT2D eigenvalue weighted by Gasteiger charge is 2.10. The molecule has 0 radical (unpaired) electrons. The van der Waals surface area contributed by atoms with Crippen molar-refractivity contribution in [1.82, 2.24) is 14.9 Å². The van der Waals surface area contributed by atoms with Gasteiger partial charge in [0.1, 0.15) is 5.75 Å². The molecule has 0 aliphatic rings. The molecule has 2 aromatic carbocycles. The van der Waals surface area contributed by atoms with E-state index in [-0.39, 0.29) is 0 Å². The molecule has 27 heavy (non-hydrogen) atoms. The zero-order valence-corrected chi connectivity index (χ0v) is 17.3. The zero-order chi connectivity index (χ0) is 19.2. The summed E-state index contributed by atoms with van der Waals surface area (Å²) in [6.45, 7) is 1.90. The van der Waals surface area contributed by atoms with Crippen LogP contribution in [-0.2, 0) is 5.75 Å². The Morgan fingerprint density at radius 3 is 2.74 bits per heavy atom. The average molecular weight is 447 g/mol. The van der Waals surface area contributed by atoms with E-state index in [0.717, 1.165) is 27.3 Å². The summed E-state index contributed by atoms with van der Waals surface area (Å²) in [7, 11) is 1.64. The van der Waals surface area contributed by atoms with E-state index in [1.165, 1.54) is 22.0 Å². The van der Waals surface area contributed by atoms with E-state index in [0.29, 0.717) is 11.1 Å². The molecule has 1 heterocycles. The number of methoxy groups -OCH3 is 1. The van der Waals surface area contributed by atoms with Crippen molar-refractivity contribution in [2.45, 2.75) is 17.8 Å². The minimum absolute atomic E-state index is 0.375. The number of nitrogens with two attached hydrogens (primary N) is 1. The fourth-order valence-electron chi connectivity index (χ4n) is 2.26. The van der Waals surface area contributed by atoms with Crippen LogP contribution in [0.15, 0.2) is 63.3 Å². The Kier molecular flexibility index (Phi) is 6.36. The van der Waals surface area contributed by atoms with Gasteiger partial charge in [-0.05, 0) is 54.4 Å². The van der Waals surface area contributed by atoms with Gasteiger partial charge in [-0.15, -0.1) is 10.2 Å². The van der Waals surface area contributed by atoms with Crippen molar-refractivity contribution in [2.75, 3.05) is 18.4 Å². The van der Waals surface area contributed by atoms with Crippen LogP contribution in [-0.4, -0.2) is 27.7 Å². The number of thioether (sulfide) groups is 1. The second-order valence-corrected chi connectivity index (χ2v) is 7.49. The number of hydrogen-bond donors (Lipinski definition) is 2. The van der Waals surface area contributed by atoms with E-state index in [9.17, 15) is 0 Å². The van der Waals surface area contributed by atoms with Crippen LogP contribution < -0.4 is 16.0 Å². The molecule has 3 aromatic rings. The zero-order valence-electron chi connectivity index (χ0n) is 14.9. The average Bonchev–Trinajstić information content (AvgIpc) is 3.04. The van der Waals surface area contributed by atoms with E-state index in [4.69, 9.17) is 10.6 Å². The van der Waals surface area contributed by atoms with Crippen LogP contribution in [0.4, 0.5) is 5.95 Å². The molecule has 1 aromatic heterocycles. The van der Waals surface area contributed by atoms with Gasteiger partial charge in [-0.25, -0.2) is 10.1 Å². The Labute approximate surface area is 170 Å². The summed E-state index contributed by atoms with van der Waals surface area (Å²) >= 11 is 4.97. The number of aromatic nitrogens is 3. The molecule has 0 aliphatic heterocycles. The minimum atomic E-state index is 0.375. The first-order valence-electron chi connectivity index (χ1n) is 8.09. The second kappa shape index (κ2) is 8.92. The van der Waals surface area contributed by atoms with Gasteiger partial charge in [0, 0.05) is 10.2 Å². The van der Waals surface area contributed by atoms with Gasteiger partial charge < -0.3 is 10.6 Å². The molecule has 9 heteroatoms. The highest BCUT2D eigenvalue weighted by atomic mass is 79.9. The van der Waals surface area contributed by atoms with Crippen molar-refractivity contribution in [1.29, 1.82) is 0 Å². The third-order valence-corrected chi connectivity index (χ3v) is 5.26. The van der Waals surface area contributed by atoms with Crippen LogP contribution in [0.5, 0.6) is 5.75 Å². The first-order valence-corrected chi connectivity index (χ1v) is 9.87. The molecular weight excluding hydrogens is 428 g/mol. The molecule has 0 saturated carbocycles. The van der Waals surface area contributed by atoms with Crippen molar-refractivity contribution in [3.63, 3.8) is 0 Å². The van der Waals surface area contributed by atoms with Crippen LogP contribution in [0, 0.1) is 0 Å². The fraction of sp³-hybridized carbons (Fsp3) is 0.167. The van der Waals surface area contributed by atoms with Gasteiger partial charge in [0.25, 0.3) is 5.95 Å². The molecule has 0 atom stereocenters. The lowest BCUT2D eigenvalue weighted by Gasteiger charge is -2.05. The maximum atomic E-state index is 6.07. The molecule has 0 spiro atoms. The van der Waals surface area contributed by atoms with Gasteiger partial charge in [-0.3, -0.25) is 0 Å². The Morgan fingerprint density at radius 1 is 1.26 bits per heavy atom. The summed E-state index contributed by atoms with van der Waals surface area (Å²) in [6.07, 6.45) is 0. The number of hydrogen-bond acceptors (Lipinski definition) is 7. The van der Waals surface area contributed by atoms with E-state index < -0.39 is 0 Å². The summed E-state index contributed by atoms with van der Waals surface area (Å²) in [5, 5.41) is 13.1. The predicted molar refractivity (Wildman–Crippen MR) is 113 cm³/mol. The van der Waals surface area contributed by atoms with Crippen molar-refractivity contribution in [3.8, 4) is 5.75 Å². The SMILES string of the molecule is COc1ccc(/C(C)=N/Nc2nnc(SCc3cccc(Br)c3)n2N)cc1. The molecule has 3 N–H and O–H groups in total. The number of ether oxygens (including phenoxy) is 1. The fourth-order valence-corrected chi connectivity index (χ4v) is 3.50. The Hall–Kier alpha value is -2.52. The summed E-state index contributed by atoms with van der Waals surface area (Å²) in [6, 6.07) is 15.7. The minimum Gasteiger partial charge on any atom is -0.497 e. The Morgan fingerprint density at radius 2 is 2.04 bits per heavy atom. The molecule has 0 bridgehead atoms. The number of nitrogens with one attached hydrogen (secondary N) is 1. The van der Waals surface area contributed by atoms with Crippen LogP contribution >= 0.6 is 27.7 Å². The van der Waals surface area contributed by atoms with Gasteiger partial charge >= 0.3 is 0 Å². The monoisotopic (exact) mass is 446 g/mol. The summed E-state index contributed by atoms with van der Waals surface area (Å²) < 4.78 is 7.60. The quantitative estimate of drug-likeness (QED) is 0.247. The summed E-state index contributed by atoms with van der Waals surface area (Å²) in [5.41, 5.74) is 5.80. The molecule has 0 aliphatic carbocycles.